The molecule has 0 radical (unpaired) electrons. The Bertz CT molecular complexity index is 1350. The predicted molar refractivity (Wildman–Crippen MR) is 122 cm³/mol. The van der Waals surface area contributed by atoms with Gasteiger partial charge < -0.3 is 14.5 Å². The molecule has 0 unspecified atom stereocenters. The molecule has 0 fully saturated rings. The fraction of sp³-hybridized carbons (Fsp3) is 0.0435. The summed E-state index contributed by atoms with van der Waals surface area (Å²) in [5.74, 6) is 2.40. The van der Waals surface area contributed by atoms with E-state index in [4.69, 9.17) is 9.15 Å². The molecule has 31 heavy (non-hydrogen) atoms. The van der Waals surface area contributed by atoms with Gasteiger partial charge in [-0.15, -0.1) is 10.2 Å². The first kappa shape index (κ1) is 19.2. The summed E-state index contributed by atoms with van der Waals surface area (Å²) in [5.41, 5.74) is 2.47. The van der Waals surface area contributed by atoms with Gasteiger partial charge in [-0.1, -0.05) is 28.1 Å². The molecule has 0 bridgehead atoms. The number of rotatable bonds is 5. The van der Waals surface area contributed by atoms with E-state index >= 15 is 0 Å². The van der Waals surface area contributed by atoms with Crippen molar-refractivity contribution in [3.05, 3.63) is 77.3 Å². The number of benzene rings is 3. The summed E-state index contributed by atoms with van der Waals surface area (Å²) in [6.07, 6.45) is 0. The van der Waals surface area contributed by atoms with Crippen molar-refractivity contribution in [1.29, 1.82) is 0 Å². The molecule has 3 aromatic carbocycles. The topological polar surface area (TPSA) is 86.0 Å². The Kier molecular flexibility index (Phi) is 5.05. The second-order valence-electron chi connectivity index (χ2n) is 6.69. The van der Waals surface area contributed by atoms with Crippen LogP contribution in [-0.4, -0.2) is 27.3 Å². The van der Waals surface area contributed by atoms with Crippen molar-refractivity contribution in [1.82, 2.24) is 20.2 Å². The normalized spacial score (nSPS) is 10.9. The van der Waals surface area contributed by atoms with Crippen LogP contribution in [0.1, 0.15) is 0 Å². The molecule has 5 rings (SSSR count). The molecular weight excluding hydrogens is 458 g/mol. The molecule has 0 aliphatic heterocycles. The lowest BCUT2D eigenvalue weighted by Crippen LogP contribution is -1.99. The van der Waals surface area contributed by atoms with Gasteiger partial charge >= 0.3 is 0 Å². The Balaban J connectivity index is 1.54. The van der Waals surface area contributed by atoms with Gasteiger partial charge in [-0.05, 0) is 60.7 Å². The highest BCUT2D eigenvalue weighted by atomic mass is 79.9. The van der Waals surface area contributed by atoms with Gasteiger partial charge in [0.25, 0.3) is 5.89 Å². The van der Waals surface area contributed by atoms with Crippen molar-refractivity contribution in [3.8, 4) is 28.9 Å². The van der Waals surface area contributed by atoms with Crippen LogP contribution in [0.2, 0.25) is 0 Å². The van der Waals surface area contributed by atoms with Crippen molar-refractivity contribution in [2.24, 2.45) is 0 Å². The zero-order valence-electron chi connectivity index (χ0n) is 16.4. The molecule has 2 aromatic heterocycles. The van der Waals surface area contributed by atoms with Gasteiger partial charge in [-0.25, -0.2) is 9.97 Å². The van der Waals surface area contributed by atoms with Crippen molar-refractivity contribution in [2.45, 2.75) is 0 Å². The minimum atomic E-state index is 0.246. The van der Waals surface area contributed by atoms with E-state index < -0.39 is 0 Å². The number of ether oxygens (including phenoxy) is 1. The lowest BCUT2D eigenvalue weighted by molar-refractivity contribution is 0.415. The lowest BCUT2D eigenvalue weighted by atomic mass is 10.2. The largest absolute Gasteiger partial charge is 0.497 e. The third kappa shape index (κ3) is 3.97. The minimum absolute atomic E-state index is 0.246. The number of fused-ring (bicyclic) bond motifs is 1. The summed E-state index contributed by atoms with van der Waals surface area (Å²) in [7, 11) is 1.62. The minimum Gasteiger partial charge on any atom is -0.497 e. The summed E-state index contributed by atoms with van der Waals surface area (Å²) in [5, 5.41) is 12.6. The summed E-state index contributed by atoms with van der Waals surface area (Å²) in [6.45, 7) is 0. The van der Waals surface area contributed by atoms with E-state index in [0.717, 1.165) is 32.4 Å². The van der Waals surface area contributed by atoms with Crippen molar-refractivity contribution >= 4 is 38.3 Å². The SMILES string of the molecule is COc1ccc(-c2nnc(-c3nc(Nc4ccc(Br)cc4)c4ccccc4n3)o2)cc1. The fourth-order valence-corrected chi connectivity index (χ4v) is 3.37. The molecule has 0 amide bonds. The molecule has 5 aromatic rings. The van der Waals surface area contributed by atoms with Crippen LogP contribution in [0.25, 0.3) is 34.1 Å². The number of methoxy groups -OCH3 is 1. The number of nitrogens with one attached hydrogen (secondary N) is 1. The zero-order chi connectivity index (χ0) is 21.2. The van der Waals surface area contributed by atoms with Crippen molar-refractivity contribution in [2.75, 3.05) is 12.4 Å². The highest BCUT2D eigenvalue weighted by Crippen LogP contribution is 2.29. The number of halogens is 1. The van der Waals surface area contributed by atoms with Crippen LogP contribution in [0.5, 0.6) is 5.75 Å². The zero-order valence-corrected chi connectivity index (χ0v) is 18.0. The average molecular weight is 474 g/mol. The molecule has 8 heteroatoms. The molecule has 0 atom stereocenters. The average Bonchev–Trinajstić information content (AvgIpc) is 3.31. The number of aromatic nitrogens is 4. The molecule has 0 saturated heterocycles. The maximum absolute atomic E-state index is 5.88. The monoisotopic (exact) mass is 473 g/mol. The Morgan fingerprint density at radius 3 is 2.35 bits per heavy atom. The molecule has 152 valence electrons. The molecule has 0 aliphatic carbocycles. The van der Waals surface area contributed by atoms with Gasteiger partial charge in [0.1, 0.15) is 11.6 Å². The van der Waals surface area contributed by atoms with Crippen LogP contribution in [0, 0.1) is 0 Å². The second kappa shape index (κ2) is 8.16. The molecular formula is C23H16BrN5O2. The smallest absolute Gasteiger partial charge is 0.286 e. The van der Waals surface area contributed by atoms with Gasteiger partial charge in [0.15, 0.2) is 0 Å². The van der Waals surface area contributed by atoms with E-state index in [9.17, 15) is 0 Å². The first-order valence-electron chi connectivity index (χ1n) is 9.47. The highest BCUT2D eigenvalue weighted by molar-refractivity contribution is 9.10. The Hall–Kier alpha value is -3.78. The van der Waals surface area contributed by atoms with E-state index in [1.807, 2.05) is 72.8 Å². The summed E-state index contributed by atoms with van der Waals surface area (Å²) in [4.78, 5) is 9.29. The molecule has 0 saturated carbocycles. The maximum Gasteiger partial charge on any atom is 0.286 e. The van der Waals surface area contributed by atoms with E-state index in [2.05, 4.69) is 41.4 Å². The highest BCUT2D eigenvalue weighted by Gasteiger charge is 2.16. The van der Waals surface area contributed by atoms with Crippen molar-refractivity contribution in [3.63, 3.8) is 0 Å². The van der Waals surface area contributed by atoms with E-state index in [0.29, 0.717) is 17.5 Å². The summed E-state index contributed by atoms with van der Waals surface area (Å²) >= 11 is 3.45. The fourth-order valence-electron chi connectivity index (χ4n) is 3.10. The van der Waals surface area contributed by atoms with Crippen LogP contribution < -0.4 is 10.1 Å². The molecule has 1 N–H and O–H groups in total. The van der Waals surface area contributed by atoms with Crippen LogP contribution in [0.4, 0.5) is 11.5 Å². The number of hydrogen-bond acceptors (Lipinski definition) is 7. The van der Waals surface area contributed by atoms with Crippen LogP contribution in [0.3, 0.4) is 0 Å². The summed E-state index contributed by atoms with van der Waals surface area (Å²) < 4.78 is 12.1. The maximum atomic E-state index is 5.88. The Labute approximate surface area is 186 Å². The molecule has 0 aliphatic rings. The second-order valence-corrected chi connectivity index (χ2v) is 7.60. The van der Waals surface area contributed by atoms with Crippen LogP contribution >= 0.6 is 15.9 Å². The Morgan fingerprint density at radius 2 is 1.58 bits per heavy atom. The standard InChI is InChI=1S/C23H16BrN5O2/c1-30-17-12-6-14(7-13-17)22-28-29-23(31-22)21-26-19-5-3-2-4-18(19)20(27-21)25-16-10-8-15(24)9-11-16/h2-13H,1H3,(H,25,26,27). The van der Waals surface area contributed by atoms with Crippen LogP contribution in [0.15, 0.2) is 81.7 Å². The quantitative estimate of drug-likeness (QED) is 0.341. The van der Waals surface area contributed by atoms with Gasteiger partial charge in [-0.2, -0.15) is 0 Å². The Morgan fingerprint density at radius 1 is 0.839 bits per heavy atom. The predicted octanol–water partition coefficient (Wildman–Crippen LogP) is 5.86. The van der Waals surface area contributed by atoms with E-state index in [1.165, 1.54) is 0 Å². The lowest BCUT2D eigenvalue weighted by Gasteiger charge is -2.10. The van der Waals surface area contributed by atoms with Gasteiger partial charge in [0.2, 0.25) is 11.7 Å². The number of hydrogen-bond donors (Lipinski definition) is 1. The third-order valence-corrected chi connectivity index (χ3v) is 5.19. The first-order chi connectivity index (χ1) is 15.2. The number of nitrogens with zero attached hydrogens (tertiary/aromatic N) is 4. The van der Waals surface area contributed by atoms with Gasteiger partial charge in [-0.3, -0.25) is 0 Å². The molecule has 0 spiro atoms. The molecule has 2 heterocycles. The number of para-hydroxylation sites is 1. The third-order valence-electron chi connectivity index (χ3n) is 4.66. The van der Waals surface area contributed by atoms with Gasteiger partial charge in [0.05, 0.1) is 12.6 Å². The van der Waals surface area contributed by atoms with E-state index in [-0.39, 0.29) is 5.89 Å². The number of anilines is 2. The van der Waals surface area contributed by atoms with Crippen molar-refractivity contribution < 1.29 is 9.15 Å². The van der Waals surface area contributed by atoms with Crippen LogP contribution in [-0.2, 0) is 0 Å². The van der Waals surface area contributed by atoms with E-state index in [1.54, 1.807) is 7.11 Å². The molecule has 7 nitrogen and oxygen atoms in total. The first-order valence-corrected chi connectivity index (χ1v) is 10.3. The summed E-state index contributed by atoms with van der Waals surface area (Å²) in [6, 6.07) is 23.0. The van der Waals surface area contributed by atoms with Gasteiger partial charge in [0, 0.05) is 21.1 Å².